The van der Waals surface area contributed by atoms with E-state index < -0.39 is 0 Å². The first kappa shape index (κ1) is 12.4. The van der Waals surface area contributed by atoms with Crippen LogP contribution < -0.4 is 5.32 Å². The van der Waals surface area contributed by atoms with Crippen LogP contribution in [0.1, 0.15) is 34.9 Å². The summed E-state index contributed by atoms with van der Waals surface area (Å²) < 4.78 is 2.95. The Morgan fingerprint density at radius 1 is 1.53 bits per heavy atom. The molecule has 3 rings (SSSR count). The molecule has 1 amide bonds. The number of aromatic nitrogens is 2. The Morgan fingerprint density at radius 3 is 3.00 bits per heavy atom. The standard InChI is InChI=1S/C14H14BrN3O/c1-9-7-10(15)8-16-13(9)17-14(19)12-3-2-6-18(12)11-4-5-11/h2-3,6-8,11H,4-5H2,1H3,(H,16,17,19). The average molecular weight is 320 g/mol. The van der Waals surface area contributed by atoms with Gasteiger partial charge in [-0.15, -0.1) is 0 Å². The van der Waals surface area contributed by atoms with Crippen molar-refractivity contribution in [1.29, 1.82) is 0 Å². The van der Waals surface area contributed by atoms with Crippen LogP contribution in [0.15, 0.2) is 35.1 Å². The molecular weight excluding hydrogens is 306 g/mol. The molecule has 98 valence electrons. The van der Waals surface area contributed by atoms with E-state index in [-0.39, 0.29) is 5.91 Å². The predicted octanol–water partition coefficient (Wildman–Crippen LogP) is 3.54. The van der Waals surface area contributed by atoms with Crippen molar-refractivity contribution in [3.63, 3.8) is 0 Å². The molecule has 0 radical (unpaired) electrons. The van der Waals surface area contributed by atoms with Crippen LogP contribution in [-0.4, -0.2) is 15.5 Å². The van der Waals surface area contributed by atoms with Crippen LogP contribution in [0.3, 0.4) is 0 Å². The summed E-state index contributed by atoms with van der Waals surface area (Å²) in [6.45, 7) is 1.92. The molecule has 0 aromatic carbocycles. The molecule has 0 aliphatic heterocycles. The Morgan fingerprint density at radius 2 is 2.32 bits per heavy atom. The third-order valence-electron chi connectivity index (χ3n) is 3.23. The van der Waals surface area contributed by atoms with Gasteiger partial charge in [-0.2, -0.15) is 0 Å². The van der Waals surface area contributed by atoms with Gasteiger partial charge in [0.2, 0.25) is 0 Å². The Labute approximate surface area is 120 Å². The van der Waals surface area contributed by atoms with Crippen molar-refractivity contribution in [3.05, 3.63) is 46.3 Å². The van der Waals surface area contributed by atoms with E-state index in [0.717, 1.165) is 22.9 Å². The number of amides is 1. The minimum atomic E-state index is -0.102. The molecule has 1 aliphatic carbocycles. The molecule has 4 nitrogen and oxygen atoms in total. The van der Waals surface area contributed by atoms with Crippen molar-refractivity contribution in [2.24, 2.45) is 0 Å². The normalized spacial score (nSPS) is 14.4. The molecular formula is C14H14BrN3O. The predicted molar refractivity (Wildman–Crippen MR) is 77.3 cm³/mol. The smallest absolute Gasteiger partial charge is 0.273 e. The number of anilines is 1. The van der Waals surface area contributed by atoms with Gasteiger partial charge in [0.25, 0.3) is 5.91 Å². The minimum absolute atomic E-state index is 0.102. The summed E-state index contributed by atoms with van der Waals surface area (Å²) in [5.41, 5.74) is 1.64. The summed E-state index contributed by atoms with van der Waals surface area (Å²) in [5.74, 6) is 0.506. The lowest BCUT2D eigenvalue weighted by Gasteiger charge is -2.10. The van der Waals surface area contributed by atoms with Gasteiger partial charge in [-0.25, -0.2) is 4.98 Å². The Hall–Kier alpha value is -1.62. The third-order valence-corrected chi connectivity index (χ3v) is 3.66. The summed E-state index contributed by atoms with van der Waals surface area (Å²) in [7, 11) is 0. The Kier molecular flexibility index (Phi) is 3.14. The van der Waals surface area contributed by atoms with Gasteiger partial charge >= 0.3 is 0 Å². The monoisotopic (exact) mass is 319 g/mol. The number of halogens is 1. The zero-order valence-electron chi connectivity index (χ0n) is 10.6. The lowest BCUT2D eigenvalue weighted by Crippen LogP contribution is -2.17. The van der Waals surface area contributed by atoms with E-state index in [4.69, 9.17) is 0 Å². The zero-order valence-corrected chi connectivity index (χ0v) is 12.1. The molecule has 0 bridgehead atoms. The van der Waals surface area contributed by atoms with Gasteiger partial charge in [0.05, 0.1) is 0 Å². The van der Waals surface area contributed by atoms with Gasteiger partial charge < -0.3 is 9.88 Å². The SMILES string of the molecule is Cc1cc(Br)cnc1NC(=O)c1cccn1C1CC1. The number of aryl methyl sites for hydroxylation is 1. The highest BCUT2D eigenvalue weighted by molar-refractivity contribution is 9.10. The first-order chi connectivity index (χ1) is 9.15. The average Bonchev–Trinajstić information content (AvgIpc) is 3.10. The quantitative estimate of drug-likeness (QED) is 0.940. The molecule has 1 N–H and O–H groups in total. The van der Waals surface area contributed by atoms with E-state index in [1.807, 2.05) is 35.9 Å². The van der Waals surface area contributed by atoms with E-state index in [0.29, 0.717) is 17.6 Å². The van der Waals surface area contributed by atoms with Gasteiger partial charge in [-0.3, -0.25) is 4.79 Å². The van der Waals surface area contributed by atoms with E-state index in [9.17, 15) is 4.79 Å². The van der Waals surface area contributed by atoms with Crippen LogP contribution in [0.25, 0.3) is 0 Å². The molecule has 0 spiro atoms. The third kappa shape index (κ3) is 2.56. The van der Waals surface area contributed by atoms with Crippen LogP contribution in [0.5, 0.6) is 0 Å². The minimum Gasteiger partial charge on any atom is -0.340 e. The van der Waals surface area contributed by atoms with Gasteiger partial charge in [-0.1, -0.05) is 0 Å². The molecule has 1 aliphatic rings. The highest BCUT2D eigenvalue weighted by Crippen LogP contribution is 2.36. The zero-order chi connectivity index (χ0) is 13.4. The topological polar surface area (TPSA) is 46.9 Å². The highest BCUT2D eigenvalue weighted by Gasteiger charge is 2.26. The maximum atomic E-state index is 12.3. The molecule has 19 heavy (non-hydrogen) atoms. The van der Waals surface area contributed by atoms with Crippen LogP contribution in [0.4, 0.5) is 5.82 Å². The second kappa shape index (κ2) is 4.81. The first-order valence-electron chi connectivity index (χ1n) is 6.25. The lowest BCUT2D eigenvalue weighted by molar-refractivity contribution is 0.101. The maximum Gasteiger partial charge on any atom is 0.273 e. The molecule has 2 heterocycles. The highest BCUT2D eigenvalue weighted by atomic mass is 79.9. The van der Waals surface area contributed by atoms with Gasteiger partial charge in [0.15, 0.2) is 0 Å². The number of pyridine rings is 1. The van der Waals surface area contributed by atoms with Gasteiger partial charge in [0.1, 0.15) is 11.5 Å². The summed E-state index contributed by atoms with van der Waals surface area (Å²) in [5, 5.41) is 2.87. The molecule has 0 atom stereocenters. The largest absolute Gasteiger partial charge is 0.340 e. The second-order valence-electron chi connectivity index (χ2n) is 4.81. The Balaban J connectivity index is 1.82. The van der Waals surface area contributed by atoms with Crippen LogP contribution in [0.2, 0.25) is 0 Å². The van der Waals surface area contributed by atoms with E-state index in [2.05, 4.69) is 26.2 Å². The second-order valence-corrected chi connectivity index (χ2v) is 5.72. The van der Waals surface area contributed by atoms with Crippen molar-refractivity contribution in [3.8, 4) is 0 Å². The first-order valence-corrected chi connectivity index (χ1v) is 7.05. The van der Waals surface area contributed by atoms with Crippen molar-refractivity contribution in [2.75, 3.05) is 5.32 Å². The number of nitrogens with zero attached hydrogens (tertiary/aromatic N) is 2. The van der Waals surface area contributed by atoms with Gasteiger partial charge in [0, 0.05) is 22.9 Å². The lowest BCUT2D eigenvalue weighted by atomic mass is 10.3. The summed E-state index contributed by atoms with van der Waals surface area (Å²) in [4.78, 5) is 16.5. The molecule has 2 aromatic heterocycles. The number of hydrogen-bond acceptors (Lipinski definition) is 2. The summed E-state index contributed by atoms with van der Waals surface area (Å²) >= 11 is 3.36. The van der Waals surface area contributed by atoms with Crippen molar-refractivity contribution < 1.29 is 4.79 Å². The fraction of sp³-hybridized carbons (Fsp3) is 0.286. The molecule has 5 heteroatoms. The van der Waals surface area contributed by atoms with E-state index in [1.165, 1.54) is 0 Å². The number of hydrogen-bond donors (Lipinski definition) is 1. The van der Waals surface area contributed by atoms with Crippen molar-refractivity contribution >= 4 is 27.7 Å². The Bertz CT molecular complexity index is 631. The molecule has 2 aromatic rings. The fourth-order valence-electron chi connectivity index (χ4n) is 2.10. The summed E-state index contributed by atoms with van der Waals surface area (Å²) in [6.07, 6.45) is 5.96. The van der Waals surface area contributed by atoms with E-state index in [1.54, 1.807) is 6.20 Å². The number of carbonyl (C=O) groups excluding carboxylic acids is 1. The molecule has 0 unspecified atom stereocenters. The number of nitrogens with one attached hydrogen (secondary N) is 1. The van der Waals surface area contributed by atoms with Crippen LogP contribution >= 0.6 is 15.9 Å². The summed E-state index contributed by atoms with van der Waals surface area (Å²) in [6, 6.07) is 6.19. The maximum absolute atomic E-state index is 12.3. The molecule has 1 fully saturated rings. The van der Waals surface area contributed by atoms with Crippen molar-refractivity contribution in [1.82, 2.24) is 9.55 Å². The van der Waals surface area contributed by atoms with Crippen LogP contribution in [0, 0.1) is 6.92 Å². The number of carbonyl (C=O) groups is 1. The van der Waals surface area contributed by atoms with E-state index >= 15 is 0 Å². The number of rotatable bonds is 3. The van der Waals surface area contributed by atoms with Gasteiger partial charge in [-0.05, 0) is 59.5 Å². The fourth-order valence-corrected chi connectivity index (χ4v) is 2.55. The molecule has 0 saturated heterocycles. The molecule has 1 saturated carbocycles. The van der Waals surface area contributed by atoms with Crippen LogP contribution in [-0.2, 0) is 0 Å². The van der Waals surface area contributed by atoms with Crippen molar-refractivity contribution in [2.45, 2.75) is 25.8 Å².